The molecule has 0 aromatic heterocycles. The van der Waals surface area contributed by atoms with Gasteiger partial charge in [-0.05, 0) is 12.1 Å². The van der Waals surface area contributed by atoms with Crippen molar-refractivity contribution in [2.45, 2.75) is 0 Å². The molecule has 1 rings (SSSR count). The number of benzene rings is 1. The zero-order valence-electron chi connectivity index (χ0n) is 6.32. The second-order valence-corrected chi connectivity index (χ2v) is 3.22. The van der Waals surface area contributed by atoms with Crippen LogP contribution in [0.15, 0.2) is 16.6 Å². The molecule has 0 bridgehead atoms. The van der Waals surface area contributed by atoms with Crippen molar-refractivity contribution in [3.63, 3.8) is 0 Å². The molecule has 2 N–H and O–H groups in total. The Morgan fingerprint density at radius 1 is 1.46 bits per heavy atom. The minimum Gasteiger partial charge on any atom is -0.507 e. The van der Waals surface area contributed by atoms with E-state index in [2.05, 4.69) is 15.9 Å². The Labute approximate surface area is 81.9 Å². The molecule has 4 nitrogen and oxygen atoms in total. The summed E-state index contributed by atoms with van der Waals surface area (Å²) < 4.78 is 0.410. The van der Waals surface area contributed by atoms with Crippen LogP contribution in [0.1, 0.15) is 20.7 Å². The first kappa shape index (κ1) is 9.73. The predicted molar refractivity (Wildman–Crippen MR) is 48.2 cm³/mol. The first-order valence-corrected chi connectivity index (χ1v) is 4.06. The number of carboxylic acids is 1. The minimum absolute atomic E-state index is 0.212. The van der Waals surface area contributed by atoms with Gasteiger partial charge in [0.15, 0.2) is 6.29 Å². The number of aldehydes is 1. The van der Waals surface area contributed by atoms with Gasteiger partial charge in [0.25, 0.3) is 0 Å². The van der Waals surface area contributed by atoms with Crippen LogP contribution in [0.4, 0.5) is 0 Å². The molecule has 1 aromatic carbocycles. The lowest BCUT2D eigenvalue weighted by molar-refractivity contribution is 0.0693. The maximum Gasteiger partial charge on any atom is 0.336 e. The molecule has 0 aliphatic heterocycles. The topological polar surface area (TPSA) is 74.6 Å². The number of hydrogen-bond acceptors (Lipinski definition) is 3. The number of carboxylic acid groups (broad SMARTS) is 1. The lowest BCUT2D eigenvalue weighted by Gasteiger charge is -2.02. The first-order chi connectivity index (χ1) is 6.06. The number of aromatic carboxylic acids is 1. The molecular weight excluding hydrogens is 240 g/mol. The van der Waals surface area contributed by atoms with Gasteiger partial charge in [-0.2, -0.15) is 0 Å². The van der Waals surface area contributed by atoms with Gasteiger partial charge in [0.05, 0.1) is 11.1 Å². The monoisotopic (exact) mass is 244 g/mol. The number of carbonyl (C=O) groups excluding carboxylic acids is 1. The lowest BCUT2D eigenvalue weighted by atomic mass is 10.1. The summed E-state index contributed by atoms with van der Waals surface area (Å²) >= 11 is 3.01. The Bertz CT molecular complexity index is 373. The number of phenolic OH excluding ortho intramolecular Hbond substituents is 1. The molecule has 0 aliphatic rings. The molecule has 5 heteroatoms. The predicted octanol–water partition coefficient (Wildman–Crippen LogP) is 1.67. The number of halogens is 1. The van der Waals surface area contributed by atoms with Gasteiger partial charge in [0, 0.05) is 4.47 Å². The van der Waals surface area contributed by atoms with Crippen molar-refractivity contribution in [3.05, 3.63) is 27.7 Å². The molecule has 0 amide bonds. The van der Waals surface area contributed by atoms with Gasteiger partial charge in [-0.25, -0.2) is 4.79 Å². The summed E-state index contributed by atoms with van der Waals surface area (Å²) in [5, 5.41) is 17.9. The molecule has 0 saturated carbocycles. The molecule has 0 aliphatic carbocycles. The van der Waals surface area contributed by atoms with E-state index in [0.29, 0.717) is 10.8 Å². The smallest absolute Gasteiger partial charge is 0.336 e. The number of carbonyl (C=O) groups is 2. The van der Waals surface area contributed by atoms with Crippen LogP contribution in [0.5, 0.6) is 5.75 Å². The Hall–Kier alpha value is -1.36. The summed E-state index contributed by atoms with van der Waals surface area (Å²) in [7, 11) is 0. The minimum atomic E-state index is -1.25. The SMILES string of the molecule is O=Cc1c(O)cc(Br)cc1C(=O)O. The van der Waals surface area contributed by atoms with Crippen molar-refractivity contribution in [2.24, 2.45) is 0 Å². The van der Waals surface area contributed by atoms with Crippen LogP contribution in [0.25, 0.3) is 0 Å². The zero-order chi connectivity index (χ0) is 10.0. The summed E-state index contributed by atoms with van der Waals surface area (Å²) in [5.74, 6) is -1.60. The highest BCUT2D eigenvalue weighted by Gasteiger charge is 2.14. The van der Waals surface area contributed by atoms with Gasteiger partial charge in [-0.3, -0.25) is 4.79 Å². The normalized spacial score (nSPS) is 9.62. The molecule has 0 spiro atoms. The van der Waals surface area contributed by atoms with E-state index < -0.39 is 5.97 Å². The molecule has 0 radical (unpaired) electrons. The quantitative estimate of drug-likeness (QED) is 0.777. The van der Waals surface area contributed by atoms with E-state index >= 15 is 0 Å². The largest absolute Gasteiger partial charge is 0.507 e. The summed E-state index contributed by atoms with van der Waals surface area (Å²) in [5.41, 5.74) is -0.433. The molecule has 13 heavy (non-hydrogen) atoms. The van der Waals surface area contributed by atoms with Crippen LogP contribution in [-0.4, -0.2) is 22.5 Å². The first-order valence-electron chi connectivity index (χ1n) is 3.27. The van der Waals surface area contributed by atoms with Crippen molar-refractivity contribution in [3.8, 4) is 5.75 Å². The highest BCUT2D eigenvalue weighted by Crippen LogP contribution is 2.25. The van der Waals surface area contributed by atoms with E-state index in [4.69, 9.17) is 5.11 Å². The van der Waals surface area contributed by atoms with Crippen molar-refractivity contribution in [1.82, 2.24) is 0 Å². The molecule has 1 aromatic rings. The van der Waals surface area contributed by atoms with E-state index in [-0.39, 0.29) is 16.9 Å². The lowest BCUT2D eigenvalue weighted by Crippen LogP contribution is -2.01. The third kappa shape index (κ3) is 1.86. The van der Waals surface area contributed by atoms with Gasteiger partial charge >= 0.3 is 5.97 Å². The average molecular weight is 245 g/mol. The van der Waals surface area contributed by atoms with Crippen LogP contribution in [0.3, 0.4) is 0 Å². The molecule has 0 unspecified atom stereocenters. The average Bonchev–Trinajstić information content (AvgIpc) is 2.02. The fraction of sp³-hybridized carbons (Fsp3) is 0. The van der Waals surface area contributed by atoms with E-state index in [0.717, 1.165) is 0 Å². The van der Waals surface area contributed by atoms with Crippen LogP contribution < -0.4 is 0 Å². The Balaban J connectivity index is 3.46. The summed E-state index contributed by atoms with van der Waals surface area (Å²) in [6, 6.07) is 2.52. The molecule has 0 heterocycles. The van der Waals surface area contributed by atoms with E-state index in [1.807, 2.05) is 0 Å². The van der Waals surface area contributed by atoms with Gasteiger partial charge in [0.1, 0.15) is 5.75 Å². The highest BCUT2D eigenvalue weighted by atomic mass is 79.9. The second kappa shape index (κ2) is 3.57. The summed E-state index contributed by atoms with van der Waals surface area (Å²) in [4.78, 5) is 21.0. The van der Waals surface area contributed by atoms with Gasteiger partial charge in [0.2, 0.25) is 0 Å². The Morgan fingerprint density at radius 2 is 2.08 bits per heavy atom. The Kier molecular flexibility index (Phi) is 2.67. The van der Waals surface area contributed by atoms with Gasteiger partial charge < -0.3 is 10.2 Å². The fourth-order valence-electron chi connectivity index (χ4n) is 0.904. The number of phenols is 1. The maximum absolute atomic E-state index is 10.6. The Morgan fingerprint density at radius 3 is 2.54 bits per heavy atom. The summed E-state index contributed by atoms with van der Waals surface area (Å²) in [6.07, 6.45) is 0.311. The third-order valence-electron chi connectivity index (χ3n) is 1.47. The van der Waals surface area contributed by atoms with Crippen molar-refractivity contribution in [1.29, 1.82) is 0 Å². The molecule has 0 atom stereocenters. The van der Waals surface area contributed by atoms with Crippen molar-refractivity contribution in [2.75, 3.05) is 0 Å². The van der Waals surface area contributed by atoms with Crippen molar-refractivity contribution >= 4 is 28.2 Å². The fourth-order valence-corrected chi connectivity index (χ4v) is 1.35. The van der Waals surface area contributed by atoms with E-state index in [1.165, 1.54) is 12.1 Å². The third-order valence-corrected chi connectivity index (χ3v) is 1.93. The van der Waals surface area contributed by atoms with Gasteiger partial charge in [-0.1, -0.05) is 15.9 Å². The molecule has 0 fully saturated rings. The van der Waals surface area contributed by atoms with Crippen LogP contribution >= 0.6 is 15.9 Å². The molecule has 68 valence electrons. The maximum atomic E-state index is 10.6. The number of hydrogen-bond donors (Lipinski definition) is 2. The van der Waals surface area contributed by atoms with Crippen LogP contribution in [0, 0.1) is 0 Å². The van der Waals surface area contributed by atoms with E-state index in [9.17, 15) is 14.7 Å². The zero-order valence-corrected chi connectivity index (χ0v) is 7.91. The molecule has 0 saturated heterocycles. The van der Waals surface area contributed by atoms with Crippen molar-refractivity contribution < 1.29 is 19.8 Å². The summed E-state index contributed by atoms with van der Waals surface area (Å²) in [6.45, 7) is 0. The number of rotatable bonds is 2. The van der Waals surface area contributed by atoms with Gasteiger partial charge in [-0.15, -0.1) is 0 Å². The highest BCUT2D eigenvalue weighted by molar-refractivity contribution is 9.10. The van der Waals surface area contributed by atoms with Crippen LogP contribution in [0.2, 0.25) is 0 Å². The molecular formula is C8H5BrO4. The van der Waals surface area contributed by atoms with E-state index in [1.54, 1.807) is 0 Å². The second-order valence-electron chi connectivity index (χ2n) is 2.31. The standard InChI is InChI=1S/C8H5BrO4/c9-4-1-5(8(12)13)6(3-10)7(11)2-4/h1-3,11H,(H,12,13). The number of aromatic hydroxyl groups is 1. The van der Waals surface area contributed by atoms with Crippen LogP contribution in [-0.2, 0) is 0 Å².